The van der Waals surface area contributed by atoms with Gasteiger partial charge < -0.3 is 4.90 Å². The SMILES string of the molecule is CSCCCC(=O)N1CC[C@@H](N(C)Cc2ncccn2)C1. The second kappa shape index (κ2) is 8.34. The molecule has 1 aromatic rings. The minimum atomic E-state index is 0.302. The van der Waals surface area contributed by atoms with Gasteiger partial charge in [-0.25, -0.2) is 9.97 Å². The minimum absolute atomic E-state index is 0.302. The van der Waals surface area contributed by atoms with Gasteiger partial charge in [0.1, 0.15) is 5.82 Å². The van der Waals surface area contributed by atoms with Gasteiger partial charge in [0.15, 0.2) is 0 Å². The molecular formula is C15H24N4OS. The predicted molar refractivity (Wildman–Crippen MR) is 86.1 cm³/mol. The molecule has 1 saturated heterocycles. The van der Waals surface area contributed by atoms with Gasteiger partial charge in [-0.05, 0) is 38.0 Å². The summed E-state index contributed by atoms with van der Waals surface area (Å²) in [5.74, 6) is 2.20. The van der Waals surface area contributed by atoms with Crippen molar-refractivity contribution in [3.05, 3.63) is 24.3 Å². The number of nitrogens with zero attached hydrogens (tertiary/aromatic N) is 4. The number of carbonyl (C=O) groups is 1. The highest BCUT2D eigenvalue weighted by molar-refractivity contribution is 7.98. The van der Waals surface area contributed by atoms with Crippen LogP contribution in [-0.2, 0) is 11.3 Å². The lowest BCUT2D eigenvalue weighted by Gasteiger charge is -2.24. The zero-order valence-electron chi connectivity index (χ0n) is 12.9. The Labute approximate surface area is 131 Å². The van der Waals surface area contributed by atoms with E-state index in [4.69, 9.17) is 0 Å². The van der Waals surface area contributed by atoms with Crippen LogP contribution in [0.2, 0.25) is 0 Å². The molecule has 5 nitrogen and oxygen atoms in total. The van der Waals surface area contributed by atoms with Crippen LogP contribution >= 0.6 is 11.8 Å². The van der Waals surface area contributed by atoms with Crippen molar-refractivity contribution >= 4 is 17.7 Å². The van der Waals surface area contributed by atoms with Gasteiger partial charge in [0.05, 0.1) is 6.54 Å². The summed E-state index contributed by atoms with van der Waals surface area (Å²) in [6.07, 6.45) is 8.32. The van der Waals surface area contributed by atoms with Crippen molar-refractivity contribution in [2.75, 3.05) is 32.1 Å². The molecule has 116 valence electrons. The van der Waals surface area contributed by atoms with Crippen LogP contribution < -0.4 is 0 Å². The summed E-state index contributed by atoms with van der Waals surface area (Å²) < 4.78 is 0. The standard InChI is InChI=1S/C15H24N4OS/c1-18(12-14-16-7-4-8-17-14)13-6-9-19(11-13)15(20)5-3-10-21-2/h4,7-8,13H,3,5-6,9-12H2,1-2H3/t13-/m1/s1. The Morgan fingerprint density at radius 3 is 2.95 bits per heavy atom. The summed E-state index contributed by atoms with van der Waals surface area (Å²) in [5, 5.41) is 0. The Kier molecular flexibility index (Phi) is 6.45. The van der Waals surface area contributed by atoms with E-state index < -0.39 is 0 Å². The lowest BCUT2D eigenvalue weighted by molar-refractivity contribution is -0.130. The highest BCUT2D eigenvalue weighted by atomic mass is 32.2. The van der Waals surface area contributed by atoms with Crippen molar-refractivity contribution in [2.24, 2.45) is 0 Å². The van der Waals surface area contributed by atoms with Gasteiger partial charge in [0.25, 0.3) is 0 Å². The van der Waals surface area contributed by atoms with Gasteiger partial charge in [-0.2, -0.15) is 11.8 Å². The van der Waals surface area contributed by atoms with Crippen molar-refractivity contribution < 1.29 is 4.79 Å². The predicted octanol–water partition coefficient (Wildman–Crippen LogP) is 1.65. The molecule has 1 amide bonds. The van der Waals surface area contributed by atoms with E-state index in [0.29, 0.717) is 18.4 Å². The van der Waals surface area contributed by atoms with Crippen molar-refractivity contribution in [3.8, 4) is 0 Å². The van der Waals surface area contributed by atoms with Crippen LogP contribution in [0.4, 0.5) is 0 Å². The Morgan fingerprint density at radius 2 is 2.24 bits per heavy atom. The van der Waals surface area contributed by atoms with Crippen LogP contribution in [0.25, 0.3) is 0 Å². The summed E-state index contributed by atoms with van der Waals surface area (Å²) in [4.78, 5) is 24.9. The molecular weight excluding hydrogens is 284 g/mol. The number of likely N-dealkylation sites (N-methyl/N-ethyl adjacent to an activating group) is 1. The quantitative estimate of drug-likeness (QED) is 0.717. The number of amides is 1. The maximum absolute atomic E-state index is 12.1. The average Bonchev–Trinajstić information content (AvgIpc) is 2.98. The van der Waals surface area contributed by atoms with E-state index in [2.05, 4.69) is 28.2 Å². The third-order valence-corrected chi connectivity index (χ3v) is 4.59. The van der Waals surface area contributed by atoms with Gasteiger partial charge in [0.2, 0.25) is 5.91 Å². The van der Waals surface area contributed by atoms with E-state index in [0.717, 1.165) is 44.1 Å². The Hall–Kier alpha value is -1.14. The first-order chi connectivity index (χ1) is 10.2. The van der Waals surface area contributed by atoms with Crippen molar-refractivity contribution in [2.45, 2.75) is 31.8 Å². The fraction of sp³-hybridized carbons (Fsp3) is 0.667. The molecule has 1 fully saturated rings. The molecule has 0 N–H and O–H groups in total. The number of hydrogen-bond acceptors (Lipinski definition) is 5. The number of likely N-dealkylation sites (tertiary alicyclic amines) is 1. The topological polar surface area (TPSA) is 49.3 Å². The molecule has 0 aliphatic carbocycles. The van der Waals surface area contributed by atoms with Crippen LogP contribution in [0.1, 0.15) is 25.1 Å². The molecule has 1 aliphatic heterocycles. The van der Waals surface area contributed by atoms with Crippen LogP contribution in [-0.4, -0.2) is 63.9 Å². The van der Waals surface area contributed by atoms with Crippen LogP contribution in [0, 0.1) is 0 Å². The molecule has 0 saturated carbocycles. The molecule has 0 spiro atoms. The molecule has 0 aromatic carbocycles. The smallest absolute Gasteiger partial charge is 0.222 e. The van der Waals surface area contributed by atoms with Crippen molar-refractivity contribution in [3.63, 3.8) is 0 Å². The molecule has 21 heavy (non-hydrogen) atoms. The van der Waals surface area contributed by atoms with E-state index in [9.17, 15) is 4.79 Å². The van der Waals surface area contributed by atoms with Gasteiger partial charge in [0, 0.05) is 37.9 Å². The first kappa shape index (κ1) is 16.2. The van der Waals surface area contributed by atoms with E-state index in [1.807, 2.05) is 11.0 Å². The maximum Gasteiger partial charge on any atom is 0.222 e. The van der Waals surface area contributed by atoms with Crippen molar-refractivity contribution in [1.82, 2.24) is 19.8 Å². The summed E-state index contributed by atoms with van der Waals surface area (Å²) >= 11 is 1.80. The van der Waals surface area contributed by atoms with Gasteiger partial charge in [-0.1, -0.05) is 0 Å². The lowest BCUT2D eigenvalue weighted by Crippen LogP contribution is -2.36. The maximum atomic E-state index is 12.1. The number of thioether (sulfide) groups is 1. The number of hydrogen-bond donors (Lipinski definition) is 0. The fourth-order valence-corrected chi connectivity index (χ4v) is 3.05. The normalized spacial score (nSPS) is 18.4. The van der Waals surface area contributed by atoms with E-state index >= 15 is 0 Å². The molecule has 0 radical (unpaired) electrons. The third kappa shape index (κ3) is 4.97. The largest absolute Gasteiger partial charge is 0.341 e. The number of aromatic nitrogens is 2. The Bertz CT molecular complexity index is 443. The van der Waals surface area contributed by atoms with E-state index in [-0.39, 0.29) is 0 Å². The average molecular weight is 308 g/mol. The zero-order valence-corrected chi connectivity index (χ0v) is 13.7. The van der Waals surface area contributed by atoms with E-state index in [1.165, 1.54) is 0 Å². The van der Waals surface area contributed by atoms with Crippen molar-refractivity contribution in [1.29, 1.82) is 0 Å². The molecule has 1 aromatic heterocycles. The Morgan fingerprint density at radius 1 is 1.48 bits per heavy atom. The highest BCUT2D eigenvalue weighted by Gasteiger charge is 2.28. The highest BCUT2D eigenvalue weighted by Crippen LogP contribution is 2.17. The van der Waals surface area contributed by atoms with Gasteiger partial charge in [-0.3, -0.25) is 9.69 Å². The minimum Gasteiger partial charge on any atom is -0.341 e. The first-order valence-electron chi connectivity index (χ1n) is 7.43. The fourth-order valence-electron chi connectivity index (χ4n) is 2.62. The summed E-state index contributed by atoms with van der Waals surface area (Å²) in [7, 11) is 2.09. The van der Waals surface area contributed by atoms with Gasteiger partial charge >= 0.3 is 0 Å². The van der Waals surface area contributed by atoms with Gasteiger partial charge in [-0.15, -0.1) is 0 Å². The molecule has 2 rings (SSSR count). The second-order valence-electron chi connectivity index (χ2n) is 5.46. The van der Waals surface area contributed by atoms with E-state index in [1.54, 1.807) is 24.2 Å². The molecule has 6 heteroatoms. The summed E-state index contributed by atoms with van der Waals surface area (Å²) in [6, 6.07) is 2.24. The third-order valence-electron chi connectivity index (χ3n) is 3.89. The second-order valence-corrected chi connectivity index (χ2v) is 6.44. The zero-order chi connectivity index (χ0) is 15.1. The summed E-state index contributed by atoms with van der Waals surface area (Å²) in [6.45, 7) is 2.45. The lowest BCUT2D eigenvalue weighted by atomic mass is 10.2. The molecule has 1 atom stereocenters. The summed E-state index contributed by atoms with van der Waals surface area (Å²) in [5.41, 5.74) is 0. The molecule has 2 heterocycles. The first-order valence-corrected chi connectivity index (χ1v) is 8.83. The monoisotopic (exact) mass is 308 g/mol. The van der Waals surface area contributed by atoms with Crippen LogP contribution in [0.3, 0.4) is 0 Å². The molecule has 0 unspecified atom stereocenters. The Balaban J connectivity index is 1.77. The number of carbonyl (C=O) groups excluding carboxylic acids is 1. The molecule has 1 aliphatic rings. The van der Waals surface area contributed by atoms with Crippen LogP contribution in [0.5, 0.6) is 0 Å². The number of rotatable bonds is 7. The van der Waals surface area contributed by atoms with Crippen LogP contribution in [0.15, 0.2) is 18.5 Å². The molecule has 0 bridgehead atoms.